The number of alkyl halides is 1. The van der Waals surface area contributed by atoms with Gasteiger partial charge in [0.25, 0.3) is 0 Å². The molecule has 0 bridgehead atoms. The summed E-state index contributed by atoms with van der Waals surface area (Å²) in [6, 6.07) is 13.6. The van der Waals surface area contributed by atoms with Gasteiger partial charge in [-0.15, -0.1) is 11.6 Å². The van der Waals surface area contributed by atoms with E-state index in [0.29, 0.717) is 12.5 Å². The van der Waals surface area contributed by atoms with Crippen molar-refractivity contribution in [1.29, 1.82) is 0 Å². The van der Waals surface area contributed by atoms with Crippen molar-refractivity contribution in [3.8, 4) is 11.5 Å². The highest BCUT2D eigenvalue weighted by molar-refractivity contribution is 9.10. The zero-order valence-corrected chi connectivity index (χ0v) is 12.9. The molecular formula is C15H14BrClO2. The van der Waals surface area contributed by atoms with Crippen molar-refractivity contribution in [2.45, 2.75) is 12.5 Å². The first-order valence-electron chi connectivity index (χ1n) is 5.83. The van der Waals surface area contributed by atoms with Crippen LogP contribution in [0.4, 0.5) is 0 Å². The Morgan fingerprint density at radius 1 is 1.16 bits per heavy atom. The maximum atomic E-state index is 5.92. The molecule has 100 valence electrons. The van der Waals surface area contributed by atoms with Crippen molar-refractivity contribution in [3.05, 3.63) is 58.1 Å². The second-order valence-corrected chi connectivity index (χ2v) is 5.25. The Hall–Kier alpha value is -1.03. The quantitative estimate of drug-likeness (QED) is 0.702. The summed E-state index contributed by atoms with van der Waals surface area (Å²) in [5, 5.41) is 0. The number of methoxy groups -OCH3 is 1. The lowest BCUT2D eigenvalue weighted by molar-refractivity contribution is 0.184. The van der Waals surface area contributed by atoms with Gasteiger partial charge in [0.15, 0.2) is 0 Å². The first-order valence-corrected chi connectivity index (χ1v) is 7.16. The van der Waals surface area contributed by atoms with Crippen LogP contribution in [0.3, 0.4) is 0 Å². The summed E-state index contributed by atoms with van der Waals surface area (Å²) in [4.78, 5) is 0. The summed E-state index contributed by atoms with van der Waals surface area (Å²) in [6.07, 6.45) is 0. The number of benzene rings is 2. The summed E-state index contributed by atoms with van der Waals surface area (Å²) >= 11 is 9.35. The Balaban J connectivity index is 2.25. The Labute approximate surface area is 126 Å². The van der Waals surface area contributed by atoms with Gasteiger partial charge in [-0.25, -0.2) is 0 Å². The normalized spacial score (nSPS) is 10.5. The van der Waals surface area contributed by atoms with Crippen molar-refractivity contribution in [2.24, 2.45) is 0 Å². The average Bonchev–Trinajstić information content (AvgIpc) is 2.40. The molecule has 0 unspecified atom stereocenters. The molecule has 0 amide bonds. The molecule has 0 fully saturated rings. The molecule has 0 radical (unpaired) electrons. The molecule has 19 heavy (non-hydrogen) atoms. The number of hydrogen-bond acceptors (Lipinski definition) is 2. The van der Waals surface area contributed by atoms with Gasteiger partial charge in [-0.05, 0) is 29.8 Å². The van der Waals surface area contributed by atoms with E-state index in [0.717, 1.165) is 27.1 Å². The minimum Gasteiger partial charge on any atom is -0.457 e. The first kappa shape index (κ1) is 14.4. The summed E-state index contributed by atoms with van der Waals surface area (Å²) in [5.41, 5.74) is 2.03. The molecule has 0 saturated carbocycles. The van der Waals surface area contributed by atoms with Crippen LogP contribution in [0.1, 0.15) is 11.1 Å². The Kier molecular flexibility index (Phi) is 5.25. The fourth-order valence-corrected chi connectivity index (χ4v) is 2.29. The lowest BCUT2D eigenvalue weighted by Crippen LogP contribution is -1.92. The highest BCUT2D eigenvalue weighted by Gasteiger charge is 2.06. The van der Waals surface area contributed by atoms with Crippen molar-refractivity contribution < 1.29 is 9.47 Å². The zero-order valence-electron chi connectivity index (χ0n) is 10.5. The maximum absolute atomic E-state index is 5.92. The van der Waals surface area contributed by atoms with Crippen LogP contribution in [-0.4, -0.2) is 7.11 Å². The molecule has 2 nitrogen and oxygen atoms in total. The molecule has 0 aliphatic rings. The van der Waals surface area contributed by atoms with Gasteiger partial charge >= 0.3 is 0 Å². The van der Waals surface area contributed by atoms with Crippen LogP contribution in [0.2, 0.25) is 0 Å². The molecule has 0 atom stereocenters. The van der Waals surface area contributed by atoms with Crippen molar-refractivity contribution >= 4 is 27.5 Å². The van der Waals surface area contributed by atoms with E-state index in [9.17, 15) is 0 Å². The van der Waals surface area contributed by atoms with Crippen molar-refractivity contribution in [1.82, 2.24) is 0 Å². The number of rotatable bonds is 5. The third-order valence-corrected chi connectivity index (χ3v) is 3.39. The van der Waals surface area contributed by atoms with Crippen LogP contribution >= 0.6 is 27.5 Å². The van der Waals surface area contributed by atoms with Crippen LogP contribution < -0.4 is 4.74 Å². The number of hydrogen-bond donors (Lipinski definition) is 0. The standard InChI is InChI=1S/C15H14BrClO2/c1-18-10-11-3-2-4-14(7-11)19-15-8-13(16)6-5-12(15)9-17/h2-8H,9-10H2,1H3. The van der Waals surface area contributed by atoms with Crippen LogP contribution in [0.5, 0.6) is 11.5 Å². The smallest absolute Gasteiger partial charge is 0.132 e. The monoisotopic (exact) mass is 340 g/mol. The molecule has 4 heteroatoms. The van der Waals surface area contributed by atoms with E-state index in [1.807, 2.05) is 42.5 Å². The van der Waals surface area contributed by atoms with E-state index >= 15 is 0 Å². The molecule has 0 N–H and O–H groups in total. The largest absolute Gasteiger partial charge is 0.457 e. The van der Waals surface area contributed by atoms with Crippen molar-refractivity contribution in [2.75, 3.05) is 7.11 Å². The SMILES string of the molecule is COCc1cccc(Oc2cc(Br)ccc2CCl)c1. The van der Waals surface area contributed by atoms with Gasteiger partial charge in [0.2, 0.25) is 0 Å². The topological polar surface area (TPSA) is 18.5 Å². The predicted octanol–water partition coefficient (Wildman–Crippen LogP) is 5.13. The summed E-state index contributed by atoms with van der Waals surface area (Å²) in [7, 11) is 1.67. The van der Waals surface area contributed by atoms with Crippen LogP contribution in [0.15, 0.2) is 46.9 Å². The molecule has 0 saturated heterocycles. The minimum atomic E-state index is 0.417. The fraction of sp³-hybridized carbons (Fsp3) is 0.200. The average molecular weight is 342 g/mol. The molecule has 2 rings (SSSR count). The molecular weight excluding hydrogens is 328 g/mol. The minimum absolute atomic E-state index is 0.417. The van der Waals surface area contributed by atoms with Gasteiger partial charge in [-0.2, -0.15) is 0 Å². The van der Waals surface area contributed by atoms with E-state index in [4.69, 9.17) is 21.1 Å². The van der Waals surface area contributed by atoms with Crippen molar-refractivity contribution in [3.63, 3.8) is 0 Å². The van der Waals surface area contributed by atoms with E-state index in [1.165, 1.54) is 0 Å². The van der Waals surface area contributed by atoms with Gasteiger partial charge in [0, 0.05) is 17.1 Å². The lowest BCUT2D eigenvalue weighted by Gasteiger charge is -2.11. The van der Waals surface area contributed by atoms with E-state index in [1.54, 1.807) is 7.11 Å². The molecule has 2 aromatic rings. The van der Waals surface area contributed by atoms with Crippen LogP contribution in [-0.2, 0) is 17.2 Å². The molecule has 0 aliphatic heterocycles. The third kappa shape index (κ3) is 3.96. The van der Waals surface area contributed by atoms with Crippen LogP contribution in [0, 0.1) is 0 Å². The second kappa shape index (κ2) is 6.94. The zero-order chi connectivity index (χ0) is 13.7. The fourth-order valence-electron chi connectivity index (χ4n) is 1.73. The number of ether oxygens (including phenoxy) is 2. The first-order chi connectivity index (χ1) is 9.22. The van der Waals surface area contributed by atoms with E-state index in [2.05, 4.69) is 15.9 Å². The molecule has 0 heterocycles. The Morgan fingerprint density at radius 3 is 2.74 bits per heavy atom. The van der Waals surface area contributed by atoms with Gasteiger partial charge in [0.1, 0.15) is 11.5 Å². The molecule has 0 aromatic heterocycles. The number of halogens is 2. The Morgan fingerprint density at radius 2 is 2.00 bits per heavy atom. The summed E-state index contributed by atoms with van der Waals surface area (Å²) in [5.74, 6) is 1.96. The second-order valence-electron chi connectivity index (χ2n) is 4.07. The Bertz CT molecular complexity index is 558. The van der Waals surface area contributed by atoms with Gasteiger partial charge in [-0.3, -0.25) is 0 Å². The summed E-state index contributed by atoms with van der Waals surface area (Å²) in [6.45, 7) is 0.568. The highest BCUT2D eigenvalue weighted by Crippen LogP contribution is 2.30. The van der Waals surface area contributed by atoms with E-state index < -0.39 is 0 Å². The van der Waals surface area contributed by atoms with Gasteiger partial charge < -0.3 is 9.47 Å². The third-order valence-electron chi connectivity index (χ3n) is 2.61. The van der Waals surface area contributed by atoms with E-state index in [-0.39, 0.29) is 0 Å². The highest BCUT2D eigenvalue weighted by atomic mass is 79.9. The maximum Gasteiger partial charge on any atom is 0.132 e. The molecule has 2 aromatic carbocycles. The van der Waals surface area contributed by atoms with Crippen LogP contribution in [0.25, 0.3) is 0 Å². The predicted molar refractivity (Wildman–Crippen MR) is 80.9 cm³/mol. The lowest BCUT2D eigenvalue weighted by atomic mass is 10.2. The van der Waals surface area contributed by atoms with Gasteiger partial charge in [-0.1, -0.05) is 34.1 Å². The molecule has 0 spiro atoms. The molecule has 0 aliphatic carbocycles. The summed E-state index contributed by atoms with van der Waals surface area (Å²) < 4.78 is 12.0. The van der Waals surface area contributed by atoms with Gasteiger partial charge in [0.05, 0.1) is 12.5 Å².